The fraction of sp³-hybridized carbons (Fsp3) is 0. The Morgan fingerprint density at radius 1 is 1.05 bits per heavy atom. The van der Waals surface area contributed by atoms with Crippen LogP contribution in [0.2, 0.25) is 0 Å². The number of rotatable bonds is 2. The number of phenolic OH excluding ortho intramolecular Hbond substituents is 1. The van der Waals surface area contributed by atoms with Crippen molar-refractivity contribution in [2.45, 2.75) is 0 Å². The molecule has 95 valence electrons. The van der Waals surface area contributed by atoms with E-state index in [0.29, 0.717) is 5.69 Å². The Labute approximate surface area is 125 Å². The Balaban J connectivity index is 2.08. The van der Waals surface area contributed by atoms with Crippen LogP contribution in [-0.2, 0) is 18.3 Å². The second-order valence-corrected chi connectivity index (χ2v) is 6.04. The molecule has 0 radical (unpaired) electrons. The molecule has 20 heavy (non-hydrogen) atoms. The van der Waals surface area contributed by atoms with Crippen LogP contribution in [0.4, 0.5) is 4.39 Å². The molecule has 0 unspecified atom stereocenters. The summed E-state index contributed by atoms with van der Waals surface area (Å²) in [5, 5.41) is 14.4. The summed E-state index contributed by atoms with van der Waals surface area (Å²) in [6.45, 7) is 0. The van der Waals surface area contributed by atoms with Crippen LogP contribution in [0.5, 0.6) is 5.75 Å². The maximum atomic E-state index is 13.0. The number of phenols is 1. The first-order chi connectivity index (χ1) is 9.65. The Bertz CT molecular complexity index is 753. The summed E-state index contributed by atoms with van der Waals surface area (Å²) in [6, 6.07) is 13.3. The fourth-order valence-corrected chi connectivity index (χ4v) is 2.98. The fourth-order valence-electron chi connectivity index (χ4n) is 2.04. The number of para-hydroxylation sites is 2. The van der Waals surface area contributed by atoms with Crippen LogP contribution in [-0.4, -0.2) is 14.9 Å². The van der Waals surface area contributed by atoms with Crippen LogP contribution in [0.3, 0.4) is 0 Å². The molecule has 0 saturated carbocycles. The van der Waals surface area contributed by atoms with Gasteiger partial charge in [-0.1, -0.05) is 0 Å². The van der Waals surface area contributed by atoms with Gasteiger partial charge in [-0.2, -0.15) is 0 Å². The first-order valence-corrected chi connectivity index (χ1v) is 7.59. The van der Waals surface area contributed by atoms with Gasteiger partial charge in [0, 0.05) is 0 Å². The summed E-state index contributed by atoms with van der Waals surface area (Å²) in [5.74, 6) is -0.0804. The van der Waals surface area contributed by atoms with Crippen molar-refractivity contribution in [1.29, 1.82) is 0 Å². The molecule has 0 saturated heterocycles. The quantitative estimate of drug-likeness (QED) is 0.738. The minimum atomic E-state index is -0.262. The van der Waals surface area contributed by atoms with Gasteiger partial charge in [0.15, 0.2) is 0 Å². The number of hydrogen-bond donors (Lipinski definition) is 1. The normalized spacial score (nSPS) is 10.8. The standard InChI is InChI=1S/C15H10FN2O.Zn/c16-12-7-5-11(6-8-12)13-9-10-18(17-13)14-3-1-2-4-15(14)19;/h1-8,10,19H;. The molecule has 0 aliphatic carbocycles. The number of nitrogens with zero attached hydrogens (tertiary/aromatic N) is 2. The van der Waals surface area contributed by atoms with Crippen molar-refractivity contribution < 1.29 is 27.8 Å². The maximum absolute atomic E-state index is 13.0. The molecule has 1 aromatic heterocycles. The van der Waals surface area contributed by atoms with E-state index in [-0.39, 0.29) is 11.6 Å². The Hall–Kier alpha value is -2.00. The van der Waals surface area contributed by atoms with E-state index in [2.05, 4.69) is 5.10 Å². The number of halogens is 1. The van der Waals surface area contributed by atoms with Crippen molar-refractivity contribution in [3.63, 3.8) is 0 Å². The van der Waals surface area contributed by atoms with Crippen molar-refractivity contribution >= 4 is 4.16 Å². The van der Waals surface area contributed by atoms with E-state index in [4.69, 9.17) is 0 Å². The molecule has 0 fully saturated rings. The van der Waals surface area contributed by atoms with Gasteiger partial charge in [0.25, 0.3) is 0 Å². The van der Waals surface area contributed by atoms with Gasteiger partial charge in [0.05, 0.1) is 0 Å². The van der Waals surface area contributed by atoms with Crippen LogP contribution in [0.15, 0.2) is 54.7 Å². The van der Waals surface area contributed by atoms with Gasteiger partial charge in [-0.05, 0) is 0 Å². The molecule has 3 rings (SSSR count). The molecular weight excluding hydrogens is 309 g/mol. The Kier molecular flexibility index (Phi) is 3.37. The summed E-state index contributed by atoms with van der Waals surface area (Å²) in [5.41, 5.74) is 2.34. The van der Waals surface area contributed by atoms with Gasteiger partial charge in [-0.3, -0.25) is 0 Å². The van der Waals surface area contributed by atoms with Crippen molar-refractivity contribution in [3.8, 4) is 22.7 Å². The van der Waals surface area contributed by atoms with Gasteiger partial charge >= 0.3 is 125 Å². The van der Waals surface area contributed by atoms with Crippen LogP contribution in [0.1, 0.15) is 0 Å². The van der Waals surface area contributed by atoms with E-state index in [1.807, 2.05) is 12.3 Å². The third kappa shape index (κ3) is 2.37. The van der Waals surface area contributed by atoms with E-state index in [1.54, 1.807) is 35.0 Å². The number of hydrogen-bond acceptors (Lipinski definition) is 2. The Morgan fingerprint density at radius 2 is 1.75 bits per heavy atom. The molecule has 0 aliphatic heterocycles. The van der Waals surface area contributed by atoms with Crippen molar-refractivity contribution in [2.24, 2.45) is 0 Å². The van der Waals surface area contributed by atoms with E-state index in [9.17, 15) is 9.50 Å². The number of aromatic hydroxyl groups is 1. The van der Waals surface area contributed by atoms with E-state index < -0.39 is 0 Å². The number of benzene rings is 2. The van der Waals surface area contributed by atoms with Crippen molar-refractivity contribution in [3.05, 3.63) is 60.5 Å². The molecule has 1 N–H and O–H groups in total. The second-order valence-electron chi connectivity index (χ2n) is 4.44. The van der Waals surface area contributed by atoms with Crippen LogP contribution < -0.4 is 4.16 Å². The first kappa shape index (κ1) is 13.0. The van der Waals surface area contributed by atoms with Crippen LogP contribution in [0.25, 0.3) is 16.9 Å². The Morgan fingerprint density at radius 3 is 2.45 bits per heavy atom. The third-order valence-corrected chi connectivity index (χ3v) is 4.12. The molecule has 1 heterocycles. The number of aromatic nitrogens is 2. The third-order valence-electron chi connectivity index (χ3n) is 3.04. The van der Waals surface area contributed by atoms with Gasteiger partial charge in [0.1, 0.15) is 0 Å². The van der Waals surface area contributed by atoms with Gasteiger partial charge < -0.3 is 0 Å². The van der Waals surface area contributed by atoms with E-state index >= 15 is 0 Å². The SMILES string of the molecule is Oc1ccccc1-n1c[c]([Zn])c(-c2ccc(F)cc2)n1. The van der Waals surface area contributed by atoms with E-state index in [0.717, 1.165) is 33.7 Å². The zero-order chi connectivity index (χ0) is 14.1. The molecule has 0 atom stereocenters. The van der Waals surface area contributed by atoms with Gasteiger partial charge in [-0.15, -0.1) is 0 Å². The van der Waals surface area contributed by atoms with Crippen molar-refractivity contribution in [2.75, 3.05) is 0 Å². The predicted molar refractivity (Wildman–Crippen MR) is 70.3 cm³/mol. The topological polar surface area (TPSA) is 38.0 Å². The summed E-state index contributed by atoms with van der Waals surface area (Å²) < 4.78 is 15.7. The zero-order valence-electron chi connectivity index (χ0n) is 10.6. The summed E-state index contributed by atoms with van der Waals surface area (Å²) in [6.07, 6.45) is 1.90. The minimum absolute atomic E-state index is 0.181. The van der Waals surface area contributed by atoms with Gasteiger partial charge in [-0.25, -0.2) is 0 Å². The molecule has 0 amide bonds. The molecular formula is C15H10FN2OZn. The molecule has 5 heteroatoms. The van der Waals surface area contributed by atoms with E-state index in [1.165, 1.54) is 12.1 Å². The predicted octanol–water partition coefficient (Wildman–Crippen LogP) is 2.56. The average Bonchev–Trinajstić information content (AvgIpc) is 2.82. The molecule has 0 bridgehead atoms. The molecule has 0 aliphatic rings. The second kappa shape index (κ2) is 5.18. The molecule has 2 aromatic carbocycles. The molecule has 0 spiro atoms. The van der Waals surface area contributed by atoms with Gasteiger partial charge in [0.2, 0.25) is 0 Å². The monoisotopic (exact) mass is 317 g/mol. The van der Waals surface area contributed by atoms with Crippen LogP contribution >= 0.6 is 0 Å². The molecule has 3 nitrogen and oxygen atoms in total. The zero-order valence-corrected chi connectivity index (χ0v) is 13.6. The summed E-state index contributed by atoms with van der Waals surface area (Å²) in [4.78, 5) is 0. The summed E-state index contributed by atoms with van der Waals surface area (Å²) in [7, 11) is 0. The summed E-state index contributed by atoms with van der Waals surface area (Å²) >= 11 is 0.931. The molecule has 3 aromatic rings. The van der Waals surface area contributed by atoms with Crippen LogP contribution in [0, 0.1) is 5.82 Å². The average molecular weight is 319 g/mol. The first-order valence-electron chi connectivity index (χ1n) is 6.11. The van der Waals surface area contributed by atoms with Crippen molar-refractivity contribution in [1.82, 2.24) is 9.78 Å².